The van der Waals surface area contributed by atoms with Crippen LogP contribution in [0.25, 0.3) is 0 Å². The summed E-state index contributed by atoms with van der Waals surface area (Å²) in [5, 5.41) is 0. The predicted molar refractivity (Wildman–Crippen MR) is 83.7 cm³/mol. The van der Waals surface area contributed by atoms with Crippen LogP contribution in [0, 0.1) is 13.8 Å². The first-order valence-electron chi connectivity index (χ1n) is 6.86. The maximum atomic E-state index is 11.2. The van der Waals surface area contributed by atoms with Crippen molar-refractivity contribution < 1.29 is 14.3 Å². The second-order valence-electron chi connectivity index (χ2n) is 5.03. The van der Waals surface area contributed by atoms with Crippen molar-refractivity contribution in [3.63, 3.8) is 0 Å². The van der Waals surface area contributed by atoms with Gasteiger partial charge in [-0.1, -0.05) is 24.3 Å². The van der Waals surface area contributed by atoms with Crippen molar-refractivity contribution in [2.45, 2.75) is 20.3 Å². The molecule has 0 unspecified atom stereocenters. The largest absolute Gasteiger partial charge is 0.496 e. The molecular weight excluding hydrogens is 264 g/mol. The Hall–Kier alpha value is -2.29. The van der Waals surface area contributed by atoms with Gasteiger partial charge in [-0.2, -0.15) is 0 Å². The number of carbonyl (C=O) groups excluding carboxylic acids is 1. The number of methoxy groups -OCH3 is 2. The minimum Gasteiger partial charge on any atom is -0.496 e. The van der Waals surface area contributed by atoms with E-state index in [1.54, 1.807) is 14.2 Å². The first-order valence-corrected chi connectivity index (χ1v) is 6.86. The fourth-order valence-electron chi connectivity index (χ4n) is 2.68. The molecule has 21 heavy (non-hydrogen) atoms. The molecule has 0 fully saturated rings. The maximum absolute atomic E-state index is 11.2. The zero-order valence-electron chi connectivity index (χ0n) is 12.9. The number of aldehydes is 1. The lowest BCUT2D eigenvalue weighted by atomic mass is 9.94. The Morgan fingerprint density at radius 3 is 2.43 bits per heavy atom. The Balaban J connectivity index is 2.55. The summed E-state index contributed by atoms with van der Waals surface area (Å²) in [7, 11) is 3.33. The van der Waals surface area contributed by atoms with Crippen LogP contribution in [-0.2, 0) is 6.42 Å². The van der Waals surface area contributed by atoms with E-state index in [0.717, 1.165) is 40.0 Å². The first kappa shape index (κ1) is 15.1. The van der Waals surface area contributed by atoms with E-state index in [9.17, 15) is 4.79 Å². The van der Waals surface area contributed by atoms with Crippen molar-refractivity contribution in [1.29, 1.82) is 0 Å². The van der Waals surface area contributed by atoms with E-state index < -0.39 is 0 Å². The number of hydrogen-bond acceptors (Lipinski definition) is 3. The SMILES string of the molecule is COc1cc(C)c(OC)c(C)c1Cc1ccccc1C=O. The summed E-state index contributed by atoms with van der Waals surface area (Å²) < 4.78 is 11.0. The molecule has 0 aliphatic carbocycles. The van der Waals surface area contributed by atoms with E-state index in [-0.39, 0.29) is 0 Å². The molecule has 0 aliphatic heterocycles. The van der Waals surface area contributed by atoms with Gasteiger partial charge >= 0.3 is 0 Å². The molecule has 3 heteroatoms. The predicted octanol–water partition coefficient (Wildman–Crippen LogP) is 3.72. The summed E-state index contributed by atoms with van der Waals surface area (Å²) in [5.74, 6) is 1.70. The molecule has 0 amide bonds. The van der Waals surface area contributed by atoms with Gasteiger partial charge in [-0.05, 0) is 36.6 Å². The van der Waals surface area contributed by atoms with Gasteiger partial charge in [0.2, 0.25) is 0 Å². The van der Waals surface area contributed by atoms with Crippen molar-refractivity contribution in [2.24, 2.45) is 0 Å². The Labute approximate surface area is 125 Å². The number of rotatable bonds is 5. The van der Waals surface area contributed by atoms with Crippen molar-refractivity contribution >= 4 is 6.29 Å². The Morgan fingerprint density at radius 2 is 1.81 bits per heavy atom. The lowest BCUT2D eigenvalue weighted by Crippen LogP contribution is -2.03. The topological polar surface area (TPSA) is 35.5 Å². The quantitative estimate of drug-likeness (QED) is 0.785. The number of benzene rings is 2. The van der Waals surface area contributed by atoms with Crippen LogP contribution in [0.3, 0.4) is 0 Å². The Bertz CT molecular complexity index is 660. The second-order valence-corrected chi connectivity index (χ2v) is 5.03. The standard InChI is InChI=1S/C18H20O3/c1-12-9-17(20-3)16(13(2)18(12)21-4)10-14-7-5-6-8-15(14)11-19/h5-9,11H,10H2,1-4H3. The molecule has 0 bridgehead atoms. The molecule has 0 spiro atoms. The van der Waals surface area contributed by atoms with Crippen LogP contribution in [0.1, 0.15) is 32.6 Å². The van der Waals surface area contributed by atoms with E-state index >= 15 is 0 Å². The van der Waals surface area contributed by atoms with Gasteiger partial charge in [0.1, 0.15) is 17.8 Å². The fraction of sp³-hybridized carbons (Fsp3) is 0.278. The molecule has 2 rings (SSSR count). The van der Waals surface area contributed by atoms with Crippen molar-refractivity contribution in [3.05, 3.63) is 58.1 Å². The zero-order chi connectivity index (χ0) is 15.4. The highest BCUT2D eigenvalue weighted by atomic mass is 16.5. The van der Waals surface area contributed by atoms with Gasteiger partial charge < -0.3 is 9.47 Å². The van der Waals surface area contributed by atoms with Gasteiger partial charge in [0.05, 0.1) is 14.2 Å². The second kappa shape index (κ2) is 6.44. The molecule has 0 radical (unpaired) electrons. The molecule has 2 aromatic rings. The van der Waals surface area contributed by atoms with E-state index in [1.165, 1.54) is 0 Å². The molecule has 0 aromatic heterocycles. The zero-order valence-corrected chi connectivity index (χ0v) is 12.9. The van der Waals surface area contributed by atoms with E-state index in [2.05, 4.69) is 0 Å². The normalized spacial score (nSPS) is 10.3. The van der Waals surface area contributed by atoms with Gasteiger partial charge in [0.25, 0.3) is 0 Å². The highest BCUT2D eigenvalue weighted by Gasteiger charge is 2.16. The van der Waals surface area contributed by atoms with Crippen LogP contribution in [0.15, 0.2) is 30.3 Å². The smallest absolute Gasteiger partial charge is 0.150 e. The molecule has 0 saturated heterocycles. The summed E-state index contributed by atoms with van der Waals surface area (Å²) in [6, 6.07) is 9.58. The molecule has 0 atom stereocenters. The minimum atomic E-state index is 0.639. The highest BCUT2D eigenvalue weighted by molar-refractivity contribution is 5.77. The number of aryl methyl sites for hydroxylation is 1. The average molecular weight is 284 g/mol. The van der Waals surface area contributed by atoms with Crippen LogP contribution in [0.4, 0.5) is 0 Å². The third kappa shape index (κ3) is 2.92. The lowest BCUT2D eigenvalue weighted by molar-refractivity contribution is 0.112. The fourth-order valence-corrected chi connectivity index (χ4v) is 2.68. The Kier molecular flexibility index (Phi) is 4.63. The molecule has 0 aliphatic rings. The van der Waals surface area contributed by atoms with Crippen molar-refractivity contribution in [3.8, 4) is 11.5 Å². The summed E-state index contributed by atoms with van der Waals surface area (Å²) >= 11 is 0. The van der Waals surface area contributed by atoms with E-state index in [4.69, 9.17) is 9.47 Å². The molecule has 0 heterocycles. The van der Waals surface area contributed by atoms with Crippen LogP contribution in [-0.4, -0.2) is 20.5 Å². The van der Waals surface area contributed by atoms with Gasteiger partial charge in [-0.25, -0.2) is 0 Å². The van der Waals surface area contributed by atoms with Crippen LogP contribution in [0.5, 0.6) is 11.5 Å². The van der Waals surface area contributed by atoms with Gasteiger partial charge in [0.15, 0.2) is 0 Å². The Morgan fingerprint density at radius 1 is 1.10 bits per heavy atom. The van der Waals surface area contributed by atoms with Crippen molar-refractivity contribution in [2.75, 3.05) is 14.2 Å². The summed E-state index contributed by atoms with van der Waals surface area (Å²) in [4.78, 5) is 11.2. The summed E-state index contributed by atoms with van der Waals surface area (Å²) in [6.45, 7) is 4.02. The molecule has 0 saturated carbocycles. The number of hydrogen-bond donors (Lipinski definition) is 0. The number of ether oxygens (including phenoxy) is 2. The summed E-state index contributed by atoms with van der Waals surface area (Å²) in [6.07, 6.45) is 1.53. The van der Waals surface area contributed by atoms with E-state index in [0.29, 0.717) is 12.0 Å². The maximum Gasteiger partial charge on any atom is 0.150 e. The van der Waals surface area contributed by atoms with E-state index in [1.807, 2.05) is 44.2 Å². The van der Waals surface area contributed by atoms with Crippen LogP contribution in [0.2, 0.25) is 0 Å². The summed E-state index contributed by atoms with van der Waals surface area (Å²) in [5.41, 5.74) is 4.84. The highest BCUT2D eigenvalue weighted by Crippen LogP contribution is 2.35. The third-order valence-corrected chi connectivity index (χ3v) is 3.77. The van der Waals surface area contributed by atoms with Gasteiger partial charge in [-0.15, -0.1) is 0 Å². The van der Waals surface area contributed by atoms with Gasteiger partial charge in [0, 0.05) is 17.5 Å². The van der Waals surface area contributed by atoms with Crippen molar-refractivity contribution in [1.82, 2.24) is 0 Å². The van der Waals surface area contributed by atoms with Crippen LogP contribution >= 0.6 is 0 Å². The average Bonchev–Trinajstić information content (AvgIpc) is 2.50. The minimum absolute atomic E-state index is 0.639. The van der Waals surface area contributed by atoms with Gasteiger partial charge in [-0.3, -0.25) is 4.79 Å². The molecule has 0 N–H and O–H groups in total. The monoisotopic (exact) mass is 284 g/mol. The molecular formula is C18H20O3. The molecule has 3 nitrogen and oxygen atoms in total. The molecule has 110 valence electrons. The molecule has 2 aromatic carbocycles. The first-order chi connectivity index (χ1) is 10.1. The number of carbonyl (C=O) groups is 1. The third-order valence-electron chi connectivity index (χ3n) is 3.77. The van der Waals surface area contributed by atoms with Crippen LogP contribution < -0.4 is 9.47 Å². The lowest BCUT2D eigenvalue weighted by Gasteiger charge is -2.18.